The highest BCUT2D eigenvalue weighted by atomic mass is 16.6. The van der Waals surface area contributed by atoms with Gasteiger partial charge in [-0.3, -0.25) is 0 Å². The summed E-state index contributed by atoms with van der Waals surface area (Å²) in [4.78, 5) is 10.1. The average Bonchev–Trinajstić information content (AvgIpc) is 2.69. The van der Waals surface area contributed by atoms with Crippen LogP contribution in [0, 0.1) is 0 Å². The molecular weight excluding hydrogens is 144 g/mol. The Bertz CT molecular complexity index is 161. The second kappa shape index (κ2) is 4.91. The first-order valence-electron chi connectivity index (χ1n) is 3.51. The zero-order chi connectivity index (χ0) is 8.85. The Morgan fingerprint density at radius 1 is 1.27 bits per heavy atom. The molecule has 0 bridgehead atoms. The van der Waals surface area contributed by atoms with Gasteiger partial charge in [0.15, 0.2) is 0 Å². The number of allylic oxidation sites excluding steroid dienone is 1. The first kappa shape index (κ1) is 10.2. The van der Waals surface area contributed by atoms with E-state index in [-0.39, 0.29) is 0 Å². The summed E-state index contributed by atoms with van der Waals surface area (Å²) in [5, 5.41) is 8.29. The van der Waals surface area contributed by atoms with E-state index in [4.69, 9.17) is 5.11 Å². The van der Waals surface area contributed by atoms with Crippen LogP contribution in [-0.4, -0.2) is 24.3 Å². The largest absolute Gasteiger partial charge is 0.478 e. The van der Waals surface area contributed by atoms with Crippen molar-refractivity contribution in [3.05, 3.63) is 11.1 Å². The molecule has 64 valence electrons. The molecule has 0 unspecified atom stereocenters. The summed E-state index contributed by atoms with van der Waals surface area (Å²) in [5.74, 6) is -0.829. The SMILES string of the molecule is C1CO1.CC(C)=C(C)C(=O)O. The summed E-state index contributed by atoms with van der Waals surface area (Å²) in [5.41, 5.74) is 1.29. The van der Waals surface area contributed by atoms with Crippen LogP contribution in [0.3, 0.4) is 0 Å². The highest BCUT2D eigenvalue weighted by molar-refractivity contribution is 5.86. The number of hydrogen-bond donors (Lipinski definition) is 1. The third kappa shape index (κ3) is 7.06. The highest BCUT2D eigenvalue weighted by Crippen LogP contribution is 1.99. The fourth-order valence-electron chi connectivity index (χ4n) is 0.214. The lowest BCUT2D eigenvalue weighted by Gasteiger charge is -1.92. The lowest BCUT2D eigenvalue weighted by molar-refractivity contribution is -0.132. The smallest absolute Gasteiger partial charge is 0.331 e. The quantitative estimate of drug-likeness (QED) is 0.464. The van der Waals surface area contributed by atoms with Crippen molar-refractivity contribution in [3.63, 3.8) is 0 Å². The first-order valence-corrected chi connectivity index (χ1v) is 3.51. The van der Waals surface area contributed by atoms with Crippen molar-refractivity contribution in [1.82, 2.24) is 0 Å². The van der Waals surface area contributed by atoms with Gasteiger partial charge in [-0.1, -0.05) is 5.57 Å². The van der Waals surface area contributed by atoms with Gasteiger partial charge >= 0.3 is 5.97 Å². The van der Waals surface area contributed by atoms with Gasteiger partial charge in [-0.05, 0) is 20.8 Å². The standard InChI is InChI=1S/C6H10O2.C2H4O/c1-4(2)5(3)6(7)8;1-2-3-1/h1-3H3,(H,7,8);1-2H2. The van der Waals surface area contributed by atoms with Gasteiger partial charge in [0.2, 0.25) is 0 Å². The Morgan fingerprint density at radius 3 is 1.64 bits per heavy atom. The average molecular weight is 158 g/mol. The molecule has 1 heterocycles. The van der Waals surface area contributed by atoms with E-state index in [1.807, 2.05) is 0 Å². The lowest BCUT2D eigenvalue weighted by Crippen LogP contribution is -1.97. The Kier molecular flexibility index (Phi) is 4.54. The number of carboxylic acid groups (broad SMARTS) is 1. The normalized spacial score (nSPS) is 12.6. The first-order chi connectivity index (χ1) is 5.05. The van der Waals surface area contributed by atoms with Crippen LogP contribution in [0.15, 0.2) is 11.1 Å². The van der Waals surface area contributed by atoms with Crippen molar-refractivity contribution in [2.45, 2.75) is 20.8 Å². The van der Waals surface area contributed by atoms with E-state index in [1.54, 1.807) is 20.8 Å². The van der Waals surface area contributed by atoms with E-state index in [1.165, 1.54) is 0 Å². The molecule has 1 rings (SSSR count). The minimum Gasteiger partial charge on any atom is -0.478 e. The summed E-state index contributed by atoms with van der Waals surface area (Å²) >= 11 is 0. The summed E-state index contributed by atoms with van der Waals surface area (Å²) in [6.07, 6.45) is 0. The Morgan fingerprint density at radius 2 is 1.64 bits per heavy atom. The van der Waals surface area contributed by atoms with E-state index < -0.39 is 5.97 Å². The number of aliphatic carboxylic acids is 1. The molecule has 3 nitrogen and oxygen atoms in total. The Labute approximate surface area is 66.7 Å². The van der Waals surface area contributed by atoms with E-state index in [0.717, 1.165) is 18.8 Å². The molecule has 11 heavy (non-hydrogen) atoms. The van der Waals surface area contributed by atoms with E-state index in [2.05, 4.69) is 4.74 Å². The molecule has 0 aromatic rings. The van der Waals surface area contributed by atoms with E-state index in [0.29, 0.717) is 5.57 Å². The molecule has 0 aromatic heterocycles. The molecule has 0 amide bonds. The number of carboxylic acids is 1. The zero-order valence-electron chi connectivity index (χ0n) is 7.18. The molecule has 0 aliphatic carbocycles. The summed E-state index contributed by atoms with van der Waals surface area (Å²) < 4.78 is 4.50. The molecule has 1 fully saturated rings. The maximum absolute atomic E-state index is 10.1. The second-order valence-electron chi connectivity index (χ2n) is 2.54. The number of carbonyl (C=O) groups is 1. The molecule has 0 spiro atoms. The van der Waals surface area contributed by atoms with Crippen LogP contribution in [0.1, 0.15) is 20.8 Å². The topological polar surface area (TPSA) is 49.8 Å². The lowest BCUT2D eigenvalue weighted by atomic mass is 10.2. The van der Waals surface area contributed by atoms with Crippen molar-refractivity contribution < 1.29 is 14.6 Å². The predicted octanol–water partition coefficient (Wildman–Crippen LogP) is 1.44. The molecule has 0 atom stereocenters. The van der Waals surface area contributed by atoms with Crippen LogP contribution in [0.2, 0.25) is 0 Å². The summed E-state index contributed by atoms with van der Waals surface area (Å²) in [6.45, 7) is 7.16. The van der Waals surface area contributed by atoms with E-state index in [9.17, 15) is 4.79 Å². The Hall–Kier alpha value is -0.830. The third-order valence-electron chi connectivity index (χ3n) is 1.27. The Balaban J connectivity index is 0.000000271. The van der Waals surface area contributed by atoms with Gasteiger partial charge in [0.1, 0.15) is 0 Å². The fraction of sp³-hybridized carbons (Fsp3) is 0.625. The molecule has 1 N–H and O–H groups in total. The van der Waals surface area contributed by atoms with Gasteiger partial charge in [0.05, 0.1) is 13.2 Å². The van der Waals surface area contributed by atoms with Crippen LogP contribution in [0.5, 0.6) is 0 Å². The number of hydrogen-bond acceptors (Lipinski definition) is 2. The second-order valence-corrected chi connectivity index (χ2v) is 2.54. The molecule has 1 saturated heterocycles. The van der Waals surface area contributed by atoms with Crippen molar-refractivity contribution in [2.75, 3.05) is 13.2 Å². The zero-order valence-corrected chi connectivity index (χ0v) is 7.18. The van der Waals surface area contributed by atoms with Crippen molar-refractivity contribution in [3.8, 4) is 0 Å². The van der Waals surface area contributed by atoms with Crippen molar-refractivity contribution in [1.29, 1.82) is 0 Å². The maximum Gasteiger partial charge on any atom is 0.331 e. The van der Waals surface area contributed by atoms with Crippen LogP contribution < -0.4 is 0 Å². The highest BCUT2D eigenvalue weighted by Gasteiger charge is 1.99. The number of epoxide rings is 1. The molecule has 1 aliphatic rings. The van der Waals surface area contributed by atoms with Crippen LogP contribution in [0.25, 0.3) is 0 Å². The molecular formula is C8H14O3. The molecule has 0 aromatic carbocycles. The monoisotopic (exact) mass is 158 g/mol. The van der Waals surface area contributed by atoms with Crippen molar-refractivity contribution in [2.24, 2.45) is 0 Å². The molecule has 1 aliphatic heterocycles. The minimum absolute atomic E-state index is 0.435. The third-order valence-corrected chi connectivity index (χ3v) is 1.27. The van der Waals surface area contributed by atoms with Gasteiger partial charge < -0.3 is 9.84 Å². The fourth-order valence-corrected chi connectivity index (χ4v) is 0.214. The van der Waals surface area contributed by atoms with Crippen LogP contribution in [0.4, 0.5) is 0 Å². The molecule has 0 saturated carbocycles. The van der Waals surface area contributed by atoms with Gasteiger partial charge in [-0.25, -0.2) is 4.79 Å². The summed E-state index contributed by atoms with van der Waals surface area (Å²) in [6, 6.07) is 0. The summed E-state index contributed by atoms with van der Waals surface area (Å²) in [7, 11) is 0. The van der Waals surface area contributed by atoms with Gasteiger partial charge in [0.25, 0.3) is 0 Å². The molecule has 0 radical (unpaired) electrons. The maximum atomic E-state index is 10.1. The van der Waals surface area contributed by atoms with Crippen LogP contribution >= 0.6 is 0 Å². The van der Waals surface area contributed by atoms with Gasteiger partial charge in [-0.2, -0.15) is 0 Å². The predicted molar refractivity (Wildman–Crippen MR) is 42.5 cm³/mol. The van der Waals surface area contributed by atoms with Crippen LogP contribution in [-0.2, 0) is 9.53 Å². The minimum atomic E-state index is -0.829. The number of ether oxygens (including phenoxy) is 1. The van der Waals surface area contributed by atoms with Gasteiger partial charge in [0, 0.05) is 5.57 Å². The molecule has 3 heteroatoms. The number of rotatable bonds is 1. The van der Waals surface area contributed by atoms with Crippen molar-refractivity contribution >= 4 is 5.97 Å². The van der Waals surface area contributed by atoms with Gasteiger partial charge in [-0.15, -0.1) is 0 Å². The van der Waals surface area contributed by atoms with E-state index >= 15 is 0 Å².